The molecule has 4 nitrogen and oxygen atoms in total. The SMILES string of the molecule is c1ccc(-c2ccc(N3c4ccc(-c5ccccc5)cc4B4c5cc6c7ccccc7n(-c7ccccc7)c6cc5N(c5ccc(-c6ccccc6)cc5)c5cc(-n6c7ccccc7c7ccccc76)cc3c54)cc2)cc1. The van der Waals surface area contributed by atoms with Crippen LogP contribution in [-0.4, -0.2) is 15.8 Å². The molecule has 0 bridgehead atoms. The molecule has 0 N–H and O–H groups in total. The van der Waals surface area contributed by atoms with E-state index >= 15 is 0 Å². The first-order valence-corrected chi connectivity index (χ1v) is 26.6. The number of anilines is 6. The average molecular weight is 979 g/mol. The van der Waals surface area contributed by atoms with E-state index in [1.807, 2.05) is 0 Å². The number of hydrogen-bond acceptors (Lipinski definition) is 2. The lowest BCUT2D eigenvalue weighted by Crippen LogP contribution is -2.61. The number of fused-ring (bicyclic) bond motifs is 10. The Morgan fingerprint density at radius 2 is 0.610 bits per heavy atom. The van der Waals surface area contributed by atoms with Gasteiger partial charge in [0.2, 0.25) is 0 Å². The summed E-state index contributed by atoms with van der Waals surface area (Å²) < 4.78 is 4.95. The maximum atomic E-state index is 2.58. The van der Waals surface area contributed by atoms with E-state index in [0.29, 0.717) is 0 Å². The molecule has 2 aromatic heterocycles. The molecule has 0 spiro atoms. The molecule has 0 atom stereocenters. The normalized spacial score (nSPS) is 12.6. The van der Waals surface area contributed by atoms with Crippen LogP contribution < -0.4 is 26.2 Å². The second-order valence-electron chi connectivity index (χ2n) is 20.5. The van der Waals surface area contributed by atoms with Crippen molar-refractivity contribution < 1.29 is 0 Å². The second kappa shape index (κ2) is 17.2. The Kier molecular flexibility index (Phi) is 9.70. The zero-order valence-electron chi connectivity index (χ0n) is 42.0. The lowest BCUT2D eigenvalue weighted by Gasteiger charge is -2.44. The van der Waals surface area contributed by atoms with Gasteiger partial charge in [0.15, 0.2) is 0 Å². The van der Waals surface area contributed by atoms with Gasteiger partial charge in [-0.3, -0.25) is 0 Å². The van der Waals surface area contributed by atoms with E-state index in [-0.39, 0.29) is 6.71 Å². The number of aromatic nitrogens is 2. The minimum atomic E-state index is -0.135. The zero-order chi connectivity index (χ0) is 50.6. The summed E-state index contributed by atoms with van der Waals surface area (Å²) >= 11 is 0. The van der Waals surface area contributed by atoms with Crippen LogP contribution in [0.5, 0.6) is 0 Å². The van der Waals surface area contributed by atoms with Crippen LogP contribution in [0.2, 0.25) is 0 Å². The third-order valence-electron chi connectivity index (χ3n) is 16.3. The number of nitrogens with zero attached hydrogens (tertiary/aromatic N) is 4. The predicted molar refractivity (Wildman–Crippen MR) is 325 cm³/mol. The highest BCUT2D eigenvalue weighted by Crippen LogP contribution is 2.48. The highest BCUT2D eigenvalue weighted by atomic mass is 15.2. The Hall–Kier alpha value is -10.1. The summed E-state index contributed by atoms with van der Waals surface area (Å²) in [5, 5.41) is 4.92. The fourth-order valence-electron chi connectivity index (χ4n) is 12.9. The third-order valence-corrected chi connectivity index (χ3v) is 16.3. The number of hydrogen-bond donors (Lipinski definition) is 0. The Morgan fingerprint density at radius 1 is 0.221 bits per heavy atom. The Morgan fingerprint density at radius 3 is 1.13 bits per heavy atom. The molecule has 4 heterocycles. The molecular formula is C72H47BN4. The Bertz CT molecular complexity index is 4550. The van der Waals surface area contributed by atoms with E-state index in [9.17, 15) is 0 Å². The predicted octanol–water partition coefficient (Wildman–Crippen LogP) is 17.0. The van der Waals surface area contributed by atoms with Gasteiger partial charge in [-0.2, -0.15) is 0 Å². The smallest absolute Gasteiger partial charge is 0.252 e. The van der Waals surface area contributed by atoms with Gasteiger partial charge in [-0.05, 0) is 129 Å². The molecule has 16 rings (SSSR count). The lowest BCUT2D eigenvalue weighted by atomic mass is 9.33. The molecule has 0 saturated carbocycles. The minimum Gasteiger partial charge on any atom is -0.311 e. The quantitative estimate of drug-likeness (QED) is 0.148. The largest absolute Gasteiger partial charge is 0.311 e. The molecule has 2 aliphatic rings. The Balaban J connectivity index is 1.05. The highest BCUT2D eigenvalue weighted by molar-refractivity contribution is 7.00. The van der Waals surface area contributed by atoms with Crippen molar-refractivity contribution >= 4 is 101 Å². The summed E-state index contributed by atoms with van der Waals surface area (Å²) in [6.07, 6.45) is 0. The van der Waals surface area contributed by atoms with Crippen molar-refractivity contribution in [1.82, 2.24) is 9.13 Å². The van der Waals surface area contributed by atoms with Crippen molar-refractivity contribution in [3.8, 4) is 44.8 Å². The fraction of sp³-hybridized carbons (Fsp3) is 0. The second-order valence-corrected chi connectivity index (χ2v) is 20.5. The molecule has 358 valence electrons. The standard InChI is InChI=1S/C72H47BN4/c1-5-19-48(20-6-1)51-33-38-55(39-34-51)75-67-42-37-53(50-23-9-3-10-24-50)43-62(67)73-63-46-61-60-29-15-18-32-66(60)74(54-25-11-4-12-26-54)68(61)47-69(63)76(56-40-35-52(36-41-56)49-21-7-2-8-22-49)71-45-57(44-70(75)72(71)73)77-64-30-16-13-27-58(64)59-28-14-17-31-65(59)77/h1-47H. The van der Waals surface area contributed by atoms with E-state index in [1.165, 1.54) is 99.1 Å². The molecule has 0 radical (unpaired) electrons. The van der Waals surface area contributed by atoms with Crippen LogP contribution in [0.1, 0.15) is 0 Å². The molecule has 0 unspecified atom stereocenters. The van der Waals surface area contributed by atoms with Gasteiger partial charge in [0.1, 0.15) is 0 Å². The molecule has 0 aliphatic carbocycles. The number of rotatable bonds is 7. The van der Waals surface area contributed by atoms with Crippen molar-refractivity contribution in [1.29, 1.82) is 0 Å². The van der Waals surface area contributed by atoms with Gasteiger partial charge < -0.3 is 18.9 Å². The zero-order valence-corrected chi connectivity index (χ0v) is 42.0. The van der Waals surface area contributed by atoms with E-state index in [0.717, 1.165) is 39.8 Å². The summed E-state index contributed by atoms with van der Waals surface area (Å²) in [4.78, 5) is 5.12. The topological polar surface area (TPSA) is 16.3 Å². The number of para-hydroxylation sites is 4. The van der Waals surface area contributed by atoms with Crippen LogP contribution >= 0.6 is 0 Å². The fourth-order valence-corrected chi connectivity index (χ4v) is 12.9. The average Bonchev–Trinajstić information content (AvgIpc) is 4.24. The van der Waals surface area contributed by atoms with Crippen LogP contribution in [-0.2, 0) is 0 Å². The molecule has 5 heteroatoms. The minimum absolute atomic E-state index is 0.135. The van der Waals surface area contributed by atoms with Crippen molar-refractivity contribution in [2.24, 2.45) is 0 Å². The van der Waals surface area contributed by atoms with Crippen molar-refractivity contribution in [3.63, 3.8) is 0 Å². The van der Waals surface area contributed by atoms with E-state index in [4.69, 9.17) is 0 Å². The summed E-state index contributed by atoms with van der Waals surface area (Å²) in [6.45, 7) is -0.135. The molecule has 0 saturated heterocycles. The van der Waals surface area contributed by atoms with Crippen LogP contribution in [0.15, 0.2) is 285 Å². The third kappa shape index (κ3) is 6.74. The maximum absolute atomic E-state index is 2.58. The maximum Gasteiger partial charge on any atom is 0.252 e. The van der Waals surface area contributed by atoms with Crippen LogP contribution in [0.3, 0.4) is 0 Å². The van der Waals surface area contributed by atoms with Gasteiger partial charge in [-0.15, -0.1) is 0 Å². The molecule has 0 fully saturated rings. The van der Waals surface area contributed by atoms with Crippen molar-refractivity contribution in [3.05, 3.63) is 285 Å². The van der Waals surface area contributed by atoms with Crippen molar-refractivity contribution in [2.45, 2.75) is 0 Å². The molecule has 14 aromatic rings. The monoisotopic (exact) mass is 978 g/mol. The summed E-state index contributed by atoms with van der Waals surface area (Å²) in [5.74, 6) is 0. The Labute approximate surface area is 447 Å². The first-order valence-electron chi connectivity index (χ1n) is 26.6. The summed E-state index contributed by atoms with van der Waals surface area (Å²) in [7, 11) is 0. The molecule has 0 amide bonds. The van der Waals surface area contributed by atoms with Crippen LogP contribution in [0, 0.1) is 0 Å². The van der Waals surface area contributed by atoms with Gasteiger partial charge in [0.25, 0.3) is 6.71 Å². The van der Waals surface area contributed by atoms with E-state index in [1.54, 1.807) is 0 Å². The molecule has 2 aliphatic heterocycles. The van der Waals surface area contributed by atoms with Crippen LogP contribution in [0.25, 0.3) is 88.4 Å². The van der Waals surface area contributed by atoms with Gasteiger partial charge in [0, 0.05) is 61.4 Å². The van der Waals surface area contributed by atoms with Crippen molar-refractivity contribution in [2.75, 3.05) is 9.80 Å². The van der Waals surface area contributed by atoms with Crippen LogP contribution in [0.4, 0.5) is 34.1 Å². The van der Waals surface area contributed by atoms with E-state index in [2.05, 4.69) is 304 Å². The molecule has 12 aromatic carbocycles. The lowest BCUT2D eigenvalue weighted by molar-refractivity contribution is 1.16. The number of benzene rings is 12. The first kappa shape index (κ1) is 43.3. The summed E-state index contributed by atoms with van der Waals surface area (Å²) in [6, 6.07) is 105. The van der Waals surface area contributed by atoms with Gasteiger partial charge in [-0.1, -0.05) is 206 Å². The molecule has 77 heavy (non-hydrogen) atoms. The molecular weight excluding hydrogens is 932 g/mol. The first-order chi connectivity index (χ1) is 38.2. The van der Waals surface area contributed by atoms with Gasteiger partial charge in [-0.25, -0.2) is 0 Å². The van der Waals surface area contributed by atoms with E-state index < -0.39 is 0 Å². The van der Waals surface area contributed by atoms with Gasteiger partial charge in [0.05, 0.1) is 27.8 Å². The highest BCUT2D eigenvalue weighted by Gasteiger charge is 2.44. The van der Waals surface area contributed by atoms with Gasteiger partial charge >= 0.3 is 0 Å². The summed E-state index contributed by atoms with van der Waals surface area (Å²) in [5.41, 5.74) is 24.7.